The number of aromatic nitrogens is 6. The molecule has 0 aliphatic heterocycles. The summed E-state index contributed by atoms with van der Waals surface area (Å²) in [6, 6.07) is 1.11. The molecule has 3 heterocycles. The molecule has 1 aromatic carbocycles. The molecule has 4 rings (SSSR count). The molecule has 0 unspecified atom stereocenters. The summed E-state index contributed by atoms with van der Waals surface area (Å²) in [4.78, 5) is 17.0. The van der Waals surface area contributed by atoms with E-state index in [-0.39, 0.29) is 23.1 Å². The van der Waals surface area contributed by atoms with Crippen LogP contribution in [-0.4, -0.2) is 43.9 Å². The monoisotopic (exact) mass is 399 g/mol. The minimum absolute atomic E-state index is 0.0664. The third-order valence-corrected chi connectivity index (χ3v) is 4.11. The average Bonchev–Trinajstić information content (AvgIpc) is 3.17. The normalized spacial score (nSPS) is 10.9. The van der Waals surface area contributed by atoms with Crippen molar-refractivity contribution in [2.75, 3.05) is 19.5 Å². The Kier molecular flexibility index (Phi) is 4.63. The van der Waals surface area contributed by atoms with Crippen LogP contribution in [-0.2, 0) is 7.05 Å². The largest absolute Gasteiger partial charge is 0.493 e. The first-order valence-corrected chi connectivity index (χ1v) is 8.36. The van der Waals surface area contributed by atoms with E-state index >= 15 is 0 Å². The summed E-state index contributed by atoms with van der Waals surface area (Å²) in [5, 5.41) is 6.62. The lowest BCUT2D eigenvalue weighted by Crippen LogP contribution is -2.05. The predicted octanol–water partition coefficient (Wildman–Crippen LogP) is 2.86. The van der Waals surface area contributed by atoms with E-state index in [9.17, 15) is 8.78 Å². The smallest absolute Gasteiger partial charge is 0.229 e. The van der Waals surface area contributed by atoms with Gasteiger partial charge in [0.2, 0.25) is 5.95 Å². The first-order valence-electron chi connectivity index (χ1n) is 8.36. The van der Waals surface area contributed by atoms with E-state index in [4.69, 9.17) is 9.47 Å². The Hall–Kier alpha value is -3.89. The van der Waals surface area contributed by atoms with Crippen molar-refractivity contribution in [1.29, 1.82) is 0 Å². The fourth-order valence-electron chi connectivity index (χ4n) is 2.67. The van der Waals surface area contributed by atoms with Gasteiger partial charge in [-0.3, -0.25) is 4.68 Å². The summed E-state index contributed by atoms with van der Waals surface area (Å²) >= 11 is 0. The van der Waals surface area contributed by atoms with E-state index < -0.39 is 17.3 Å². The van der Waals surface area contributed by atoms with Crippen molar-refractivity contribution in [3.63, 3.8) is 0 Å². The van der Waals surface area contributed by atoms with E-state index in [0.717, 1.165) is 11.6 Å². The van der Waals surface area contributed by atoms with Gasteiger partial charge < -0.3 is 14.8 Å². The third-order valence-electron chi connectivity index (χ3n) is 4.11. The number of anilines is 2. The number of nitrogens with zero attached hydrogens (tertiary/aromatic N) is 6. The summed E-state index contributed by atoms with van der Waals surface area (Å²) in [7, 11) is 4.32. The van der Waals surface area contributed by atoms with Gasteiger partial charge in [0, 0.05) is 24.9 Å². The molecule has 11 heteroatoms. The standard InChI is InChI=1S/C18H15F2N7O2/c1-27-8-9(5-23-27)10-6-21-11-7-22-18(26-17(11)24-10)25-16-14(19)12(28-2)4-13(29-3)15(16)20/h4-8H,1-3H3,(H,22,24,25,26). The highest BCUT2D eigenvalue weighted by Crippen LogP contribution is 2.36. The van der Waals surface area contributed by atoms with Crippen molar-refractivity contribution in [3.8, 4) is 22.8 Å². The number of hydrogen-bond acceptors (Lipinski definition) is 8. The van der Waals surface area contributed by atoms with Crippen LogP contribution in [0.3, 0.4) is 0 Å². The fourth-order valence-corrected chi connectivity index (χ4v) is 2.67. The van der Waals surface area contributed by atoms with Gasteiger partial charge in [-0.2, -0.15) is 10.1 Å². The number of hydrogen-bond donors (Lipinski definition) is 1. The third kappa shape index (κ3) is 3.37. The molecule has 0 radical (unpaired) electrons. The summed E-state index contributed by atoms with van der Waals surface area (Å²) in [6.45, 7) is 0. The van der Waals surface area contributed by atoms with E-state index in [0.29, 0.717) is 11.2 Å². The van der Waals surface area contributed by atoms with Crippen LogP contribution in [0.25, 0.3) is 22.4 Å². The molecular weight excluding hydrogens is 384 g/mol. The van der Waals surface area contributed by atoms with Crippen molar-refractivity contribution in [2.24, 2.45) is 7.05 Å². The van der Waals surface area contributed by atoms with Gasteiger partial charge in [-0.1, -0.05) is 0 Å². The van der Waals surface area contributed by atoms with Crippen LogP contribution in [0.1, 0.15) is 0 Å². The molecule has 4 aromatic rings. The van der Waals surface area contributed by atoms with Gasteiger partial charge in [0.05, 0.1) is 38.5 Å². The van der Waals surface area contributed by atoms with Crippen LogP contribution < -0.4 is 14.8 Å². The number of ether oxygens (including phenoxy) is 2. The number of rotatable bonds is 5. The lowest BCUT2D eigenvalue weighted by Gasteiger charge is -2.13. The van der Waals surface area contributed by atoms with Crippen molar-refractivity contribution in [3.05, 3.63) is 42.5 Å². The van der Waals surface area contributed by atoms with Crippen LogP contribution in [0.15, 0.2) is 30.9 Å². The van der Waals surface area contributed by atoms with E-state index in [1.165, 1.54) is 20.4 Å². The second kappa shape index (κ2) is 7.26. The van der Waals surface area contributed by atoms with Crippen LogP contribution in [0.5, 0.6) is 11.5 Å². The van der Waals surface area contributed by atoms with Crippen molar-refractivity contribution < 1.29 is 18.3 Å². The van der Waals surface area contributed by atoms with Crippen molar-refractivity contribution in [1.82, 2.24) is 29.7 Å². The van der Waals surface area contributed by atoms with Gasteiger partial charge in [-0.15, -0.1) is 0 Å². The lowest BCUT2D eigenvalue weighted by molar-refractivity contribution is 0.360. The topological polar surface area (TPSA) is 99.9 Å². The second-order valence-electron chi connectivity index (χ2n) is 5.97. The van der Waals surface area contributed by atoms with Gasteiger partial charge in [0.25, 0.3) is 0 Å². The molecule has 0 amide bonds. The number of methoxy groups -OCH3 is 2. The van der Waals surface area contributed by atoms with Crippen LogP contribution in [0.4, 0.5) is 20.4 Å². The molecule has 0 saturated carbocycles. The molecule has 0 spiro atoms. The predicted molar refractivity (Wildman–Crippen MR) is 100 cm³/mol. The molecule has 0 aliphatic carbocycles. The summed E-state index contributed by atoms with van der Waals surface area (Å²) in [5.41, 5.74) is 1.48. The quantitative estimate of drug-likeness (QED) is 0.547. The summed E-state index contributed by atoms with van der Waals surface area (Å²) in [5.74, 6) is -2.33. The van der Waals surface area contributed by atoms with Gasteiger partial charge in [-0.05, 0) is 0 Å². The Labute approximate surface area is 163 Å². The zero-order valence-electron chi connectivity index (χ0n) is 15.6. The fraction of sp³-hybridized carbons (Fsp3) is 0.167. The molecule has 1 N–H and O–H groups in total. The minimum atomic E-state index is -0.940. The van der Waals surface area contributed by atoms with Gasteiger partial charge in [0.1, 0.15) is 11.2 Å². The maximum absolute atomic E-state index is 14.6. The Bertz CT molecular complexity index is 1180. The highest BCUT2D eigenvalue weighted by atomic mass is 19.1. The zero-order chi connectivity index (χ0) is 20.5. The SMILES string of the molecule is COc1cc(OC)c(F)c(Nc2ncc3ncc(-c4cnn(C)c4)nc3n2)c1F. The van der Waals surface area contributed by atoms with Gasteiger partial charge in [0.15, 0.2) is 28.8 Å². The summed E-state index contributed by atoms with van der Waals surface area (Å²) < 4.78 is 40.6. The number of fused-ring (bicyclic) bond motifs is 1. The molecule has 0 bridgehead atoms. The van der Waals surface area contributed by atoms with Crippen LogP contribution in [0, 0.1) is 11.6 Å². The van der Waals surface area contributed by atoms with E-state index in [1.54, 1.807) is 30.3 Å². The Morgan fingerprint density at radius 2 is 1.69 bits per heavy atom. The molecule has 0 atom stereocenters. The first-order chi connectivity index (χ1) is 14.0. The number of aryl methyl sites for hydroxylation is 1. The molecule has 9 nitrogen and oxygen atoms in total. The molecule has 0 aliphatic rings. The number of halogens is 2. The maximum Gasteiger partial charge on any atom is 0.229 e. The second-order valence-corrected chi connectivity index (χ2v) is 5.97. The van der Waals surface area contributed by atoms with Gasteiger partial charge in [-0.25, -0.2) is 23.7 Å². The molecule has 0 fully saturated rings. The highest BCUT2D eigenvalue weighted by molar-refractivity contribution is 5.74. The summed E-state index contributed by atoms with van der Waals surface area (Å²) in [6.07, 6.45) is 6.40. The van der Waals surface area contributed by atoms with Gasteiger partial charge >= 0.3 is 0 Å². The van der Waals surface area contributed by atoms with Crippen molar-refractivity contribution >= 4 is 22.8 Å². The lowest BCUT2D eigenvalue weighted by atomic mass is 10.2. The van der Waals surface area contributed by atoms with E-state index in [2.05, 4.69) is 30.4 Å². The molecule has 3 aromatic heterocycles. The number of nitrogens with one attached hydrogen (secondary N) is 1. The molecule has 0 saturated heterocycles. The first kappa shape index (κ1) is 18.5. The zero-order valence-corrected chi connectivity index (χ0v) is 15.6. The maximum atomic E-state index is 14.6. The van der Waals surface area contributed by atoms with Crippen LogP contribution in [0.2, 0.25) is 0 Å². The molecule has 148 valence electrons. The highest BCUT2D eigenvalue weighted by Gasteiger charge is 2.21. The van der Waals surface area contributed by atoms with Crippen molar-refractivity contribution in [2.45, 2.75) is 0 Å². The average molecular weight is 399 g/mol. The van der Waals surface area contributed by atoms with Crippen LogP contribution >= 0.6 is 0 Å². The minimum Gasteiger partial charge on any atom is -0.493 e. The molecular formula is C18H15F2N7O2. The Morgan fingerprint density at radius 1 is 0.966 bits per heavy atom. The van der Waals surface area contributed by atoms with E-state index in [1.807, 2.05) is 0 Å². The Morgan fingerprint density at radius 3 is 2.31 bits per heavy atom. The number of benzene rings is 1. The molecule has 29 heavy (non-hydrogen) atoms. The Balaban J connectivity index is 1.75.